The van der Waals surface area contributed by atoms with Crippen LogP contribution in [0.25, 0.3) is 0 Å². The Morgan fingerprint density at radius 1 is 1.43 bits per heavy atom. The molecule has 0 amide bonds. The first kappa shape index (κ1) is 19.8. The van der Waals surface area contributed by atoms with Crippen molar-refractivity contribution in [3.8, 4) is 5.88 Å². The first-order valence-corrected chi connectivity index (χ1v) is 7.15. The molecule has 1 heterocycles. The van der Waals surface area contributed by atoms with Crippen LogP contribution in [0, 0.1) is 5.92 Å². The number of nitrogens with two attached hydrogens (primary N) is 1. The molecular weight excluding hydrogens is 424 g/mol. The second-order valence-electron chi connectivity index (χ2n) is 5.15. The molecular formula is C14H20F3IN4O. The van der Waals surface area contributed by atoms with Crippen LogP contribution in [0.3, 0.4) is 0 Å². The van der Waals surface area contributed by atoms with Crippen LogP contribution in [-0.2, 0) is 6.18 Å². The van der Waals surface area contributed by atoms with Gasteiger partial charge in [-0.15, -0.1) is 24.0 Å². The summed E-state index contributed by atoms with van der Waals surface area (Å²) in [5.41, 5.74) is 4.78. The Morgan fingerprint density at radius 3 is 2.78 bits per heavy atom. The smallest absolute Gasteiger partial charge is 0.421 e. The van der Waals surface area contributed by atoms with E-state index in [1.165, 1.54) is 31.5 Å². The van der Waals surface area contributed by atoms with Crippen molar-refractivity contribution in [2.24, 2.45) is 16.6 Å². The largest absolute Gasteiger partial charge is 0.475 e. The zero-order chi connectivity index (χ0) is 16.0. The summed E-state index contributed by atoms with van der Waals surface area (Å²) >= 11 is 0. The number of ether oxygens (including phenoxy) is 1. The number of guanidine groups is 1. The molecule has 9 heteroatoms. The van der Waals surface area contributed by atoms with Gasteiger partial charge in [-0.1, -0.05) is 6.42 Å². The van der Waals surface area contributed by atoms with Crippen molar-refractivity contribution in [3.05, 3.63) is 23.9 Å². The normalized spacial score (nSPS) is 15.5. The molecule has 2 rings (SSSR count). The maximum absolute atomic E-state index is 12.7. The van der Waals surface area contributed by atoms with E-state index in [1.807, 2.05) is 0 Å². The van der Waals surface area contributed by atoms with Crippen molar-refractivity contribution in [1.29, 1.82) is 0 Å². The molecule has 3 N–H and O–H groups in total. The summed E-state index contributed by atoms with van der Waals surface area (Å²) in [7, 11) is 0. The molecule has 1 aliphatic carbocycles. The molecule has 0 atom stereocenters. The molecule has 1 fully saturated rings. The number of aliphatic imine (C=N–C) groups is 1. The third-order valence-corrected chi connectivity index (χ3v) is 3.47. The van der Waals surface area contributed by atoms with Gasteiger partial charge in [0.2, 0.25) is 5.88 Å². The van der Waals surface area contributed by atoms with Crippen LogP contribution in [0.2, 0.25) is 0 Å². The van der Waals surface area contributed by atoms with E-state index in [0.717, 1.165) is 6.07 Å². The van der Waals surface area contributed by atoms with Crippen LogP contribution in [0.1, 0.15) is 24.8 Å². The molecule has 0 spiro atoms. The maximum atomic E-state index is 12.7. The SMILES string of the molecule is I.NC(=NCC1CCC1)NCCOc1ncccc1C(F)(F)F. The van der Waals surface area contributed by atoms with Gasteiger partial charge in [0.15, 0.2) is 5.96 Å². The fourth-order valence-electron chi connectivity index (χ4n) is 2.01. The number of halogens is 4. The minimum Gasteiger partial charge on any atom is -0.475 e. The first-order chi connectivity index (χ1) is 10.5. The monoisotopic (exact) mass is 444 g/mol. The van der Waals surface area contributed by atoms with Crippen LogP contribution in [0.4, 0.5) is 13.2 Å². The predicted molar refractivity (Wildman–Crippen MR) is 92.0 cm³/mol. The second-order valence-corrected chi connectivity index (χ2v) is 5.15. The van der Waals surface area contributed by atoms with E-state index in [0.29, 0.717) is 12.5 Å². The number of nitrogens with one attached hydrogen (secondary N) is 1. The van der Waals surface area contributed by atoms with Crippen LogP contribution in [0.5, 0.6) is 5.88 Å². The predicted octanol–water partition coefficient (Wildman–Crippen LogP) is 2.80. The molecule has 5 nitrogen and oxygen atoms in total. The van der Waals surface area contributed by atoms with E-state index >= 15 is 0 Å². The van der Waals surface area contributed by atoms with Gasteiger partial charge in [-0.05, 0) is 30.9 Å². The number of alkyl halides is 3. The fraction of sp³-hybridized carbons (Fsp3) is 0.571. The Kier molecular flexibility index (Phi) is 7.86. The van der Waals surface area contributed by atoms with Crippen LogP contribution >= 0.6 is 24.0 Å². The average molecular weight is 444 g/mol. The van der Waals surface area contributed by atoms with Gasteiger partial charge in [-0.3, -0.25) is 4.99 Å². The van der Waals surface area contributed by atoms with Crippen LogP contribution in [-0.4, -0.2) is 30.6 Å². The highest BCUT2D eigenvalue weighted by atomic mass is 127. The third-order valence-electron chi connectivity index (χ3n) is 3.47. The molecule has 0 unspecified atom stereocenters. The number of rotatable bonds is 6. The summed E-state index contributed by atoms with van der Waals surface area (Å²) in [6, 6.07) is 2.16. The molecule has 130 valence electrons. The van der Waals surface area contributed by atoms with Crippen molar-refractivity contribution in [3.63, 3.8) is 0 Å². The quantitative estimate of drug-likeness (QED) is 0.307. The van der Waals surface area contributed by atoms with Gasteiger partial charge in [0, 0.05) is 12.7 Å². The lowest BCUT2D eigenvalue weighted by Gasteiger charge is -2.23. The Hall–Kier alpha value is -1.26. The van der Waals surface area contributed by atoms with Crippen molar-refractivity contribution in [2.45, 2.75) is 25.4 Å². The second kappa shape index (κ2) is 9.14. The standard InChI is InChI=1S/C14H19F3N4O.HI/c15-14(16,17)11-5-2-6-19-12(11)22-8-7-20-13(18)21-9-10-3-1-4-10;/h2,5-6,10H,1,3-4,7-9H2,(H3,18,20,21);1H. The number of aromatic nitrogens is 1. The van der Waals surface area contributed by atoms with Gasteiger partial charge in [-0.25, -0.2) is 4.98 Å². The lowest BCUT2D eigenvalue weighted by Crippen LogP contribution is -2.35. The van der Waals surface area contributed by atoms with Crippen LogP contribution < -0.4 is 15.8 Å². The topological polar surface area (TPSA) is 72.5 Å². The van der Waals surface area contributed by atoms with E-state index in [4.69, 9.17) is 10.5 Å². The third kappa shape index (κ3) is 6.40. The van der Waals surface area contributed by atoms with Gasteiger partial charge in [0.1, 0.15) is 12.2 Å². The molecule has 1 aromatic heterocycles. The molecule has 1 saturated carbocycles. The van der Waals surface area contributed by atoms with Crippen molar-refractivity contribution in [2.75, 3.05) is 19.7 Å². The number of hydrogen-bond acceptors (Lipinski definition) is 3. The summed E-state index contributed by atoms with van der Waals surface area (Å²) in [6.07, 6.45) is 0.374. The Bertz CT molecular complexity index is 521. The van der Waals surface area contributed by atoms with E-state index in [1.54, 1.807) is 0 Å². The Labute approximate surface area is 149 Å². The molecule has 0 radical (unpaired) electrons. The number of pyridine rings is 1. The van der Waals surface area contributed by atoms with Gasteiger partial charge >= 0.3 is 6.18 Å². The summed E-state index contributed by atoms with van der Waals surface area (Å²) in [6.45, 7) is 0.964. The van der Waals surface area contributed by atoms with E-state index in [2.05, 4.69) is 15.3 Å². The molecule has 0 saturated heterocycles. The lowest BCUT2D eigenvalue weighted by atomic mass is 9.86. The van der Waals surface area contributed by atoms with Gasteiger partial charge in [0.05, 0.1) is 6.54 Å². The molecule has 0 bridgehead atoms. The van der Waals surface area contributed by atoms with Gasteiger partial charge in [0.25, 0.3) is 0 Å². The minimum absolute atomic E-state index is 0. The van der Waals surface area contributed by atoms with Crippen LogP contribution in [0.15, 0.2) is 23.3 Å². The van der Waals surface area contributed by atoms with Crippen molar-refractivity contribution < 1.29 is 17.9 Å². The fourth-order valence-corrected chi connectivity index (χ4v) is 2.01. The first-order valence-electron chi connectivity index (χ1n) is 7.15. The zero-order valence-electron chi connectivity index (χ0n) is 12.5. The summed E-state index contributed by atoms with van der Waals surface area (Å²) in [5, 5.41) is 2.81. The Balaban J connectivity index is 0.00000264. The van der Waals surface area contributed by atoms with Crippen molar-refractivity contribution >= 4 is 29.9 Å². The van der Waals surface area contributed by atoms with E-state index < -0.39 is 17.6 Å². The minimum atomic E-state index is -4.49. The number of hydrogen-bond donors (Lipinski definition) is 2. The highest BCUT2D eigenvalue weighted by molar-refractivity contribution is 14.0. The molecule has 23 heavy (non-hydrogen) atoms. The van der Waals surface area contributed by atoms with E-state index in [9.17, 15) is 13.2 Å². The zero-order valence-corrected chi connectivity index (χ0v) is 14.8. The Morgan fingerprint density at radius 2 is 2.17 bits per heavy atom. The number of nitrogens with zero attached hydrogens (tertiary/aromatic N) is 2. The maximum Gasteiger partial charge on any atom is 0.421 e. The molecule has 0 aromatic carbocycles. The van der Waals surface area contributed by atoms with E-state index in [-0.39, 0.29) is 43.1 Å². The lowest BCUT2D eigenvalue weighted by molar-refractivity contribution is -0.139. The van der Waals surface area contributed by atoms with Gasteiger partial charge < -0.3 is 15.8 Å². The van der Waals surface area contributed by atoms with Gasteiger partial charge in [-0.2, -0.15) is 13.2 Å². The van der Waals surface area contributed by atoms with Crippen molar-refractivity contribution in [1.82, 2.24) is 10.3 Å². The summed E-state index contributed by atoms with van der Waals surface area (Å²) < 4.78 is 43.2. The molecule has 1 aromatic rings. The summed E-state index contributed by atoms with van der Waals surface area (Å²) in [5.74, 6) is 0.466. The summed E-state index contributed by atoms with van der Waals surface area (Å²) in [4.78, 5) is 7.79. The highest BCUT2D eigenvalue weighted by Crippen LogP contribution is 2.34. The molecule has 0 aliphatic heterocycles. The average Bonchev–Trinajstić information content (AvgIpc) is 2.41. The highest BCUT2D eigenvalue weighted by Gasteiger charge is 2.34. The molecule has 1 aliphatic rings.